The van der Waals surface area contributed by atoms with Crippen LogP contribution < -0.4 is 9.46 Å². The second kappa shape index (κ2) is 8.93. The van der Waals surface area contributed by atoms with Crippen molar-refractivity contribution in [1.82, 2.24) is 9.79 Å². The molecule has 1 heterocycles. The van der Waals surface area contributed by atoms with Gasteiger partial charge in [0, 0.05) is 13.6 Å². The molecule has 164 valence electrons. The number of alkyl halides is 3. The first kappa shape index (κ1) is 22.5. The Labute approximate surface area is 173 Å². The van der Waals surface area contributed by atoms with Crippen molar-refractivity contribution in [3.05, 3.63) is 65.2 Å². The molecule has 10 heteroatoms. The van der Waals surface area contributed by atoms with Gasteiger partial charge in [0.15, 0.2) is 0 Å². The monoisotopic (exact) mass is 444 g/mol. The van der Waals surface area contributed by atoms with Gasteiger partial charge < -0.3 is 4.74 Å². The van der Waals surface area contributed by atoms with Gasteiger partial charge in [0.05, 0.1) is 25.3 Å². The van der Waals surface area contributed by atoms with Crippen LogP contribution in [0.3, 0.4) is 0 Å². The molecule has 0 aliphatic carbocycles. The van der Waals surface area contributed by atoms with Crippen LogP contribution in [-0.4, -0.2) is 46.0 Å². The zero-order chi connectivity index (χ0) is 21.9. The fourth-order valence-electron chi connectivity index (χ4n) is 3.49. The maximum absolute atomic E-state index is 12.9. The Morgan fingerprint density at radius 1 is 1.17 bits per heavy atom. The third-order valence-corrected chi connectivity index (χ3v) is 6.85. The van der Waals surface area contributed by atoms with E-state index >= 15 is 0 Å². The van der Waals surface area contributed by atoms with Crippen LogP contribution >= 0.6 is 0 Å². The van der Waals surface area contributed by atoms with Crippen LogP contribution in [0.4, 0.5) is 13.2 Å². The number of rotatable bonds is 7. The smallest absolute Gasteiger partial charge is 0.416 e. The molecule has 0 aromatic heterocycles. The first-order valence-corrected chi connectivity index (χ1v) is 10.8. The molecule has 1 N–H and O–H groups in total. The van der Waals surface area contributed by atoms with Crippen LogP contribution in [0.1, 0.15) is 22.7 Å². The van der Waals surface area contributed by atoms with Crippen molar-refractivity contribution >= 4 is 10.0 Å². The Morgan fingerprint density at radius 2 is 1.83 bits per heavy atom. The molecule has 0 radical (unpaired) electrons. The first-order valence-electron chi connectivity index (χ1n) is 9.27. The largest absolute Gasteiger partial charge is 0.496 e. The summed E-state index contributed by atoms with van der Waals surface area (Å²) in [6, 6.07) is 11.1. The quantitative estimate of drug-likeness (QED) is 0.711. The molecular weight excluding hydrogens is 421 g/mol. The van der Waals surface area contributed by atoms with Gasteiger partial charge in [0.2, 0.25) is 10.0 Å². The number of methoxy groups -OCH3 is 1. The summed E-state index contributed by atoms with van der Waals surface area (Å²) in [5, 5.41) is 0.407. The van der Waals surface area contributed by atoms with Crippen LogP contribution in [0.25, 0.3) is 0 Å². The van der Waals surface area contributed by atoms with Crippen molar-refractivity contribution in [2.45, 2.75) is 23.9 Å². The number of para-hydroxylation sites is 1. The highest BCUT2D eigenvalue weighted by molar-refractivity contribution is 7.90. The van der Waals surface area contributed by atoms with Gasteiger partial charge in [-0.1, -0.05) is 30.3 Å². The molecule has 0 amide bonds. The predicted octanol–water partition coefficient (Wildman–Crippen LogP) is 3.16. The number of hydrogen-bond donors (Lipinski definition) is 1. The average molecular weight is 444 g/mol. The SMILES string of the molecule is COc1ccccc1CCNS(=O)(=O)[C@@H]1CON(C)[C@H]1c1ccc(C(F)(F)F)cc1. The summed E-state index contributed by atoms with van der Waals surface area (Å²) in [4.78, 5) is 5.39. The molecule has 0 saturated carbocycles. The lowest BCUT2D eigenvalue weighted by atomic mass is 10.0. The molecule has 1 saturated heterocycles. The van der Waals surface area contributed by atoms with Gasteiger partial charge in [0.25, 0.3) is 0 Å². The number of halogens is 3. The maximum atomic E-state index is 12.9. The molecule has 30 heavy (non-hydrogen) atoms. The van der Waals surface area contributed by atoms with E-state index in [1.807, 2.05) is 18.2 Å². The van der Waals surface area contributed by atoms with E-state index in [9.17, 15) is 21.6 Å². The Kier molecular flexibility index (Phi) is 6.71. The zero-order valence-corrected chi connectivity index (χ0v) is 17.3. The molecule has 0 unspecified atom stereocenters. The van der Waals surface area contributed by atoms with E-state index in [1.165, 1.54) is 17.2 Å². The number of ether oxygens (including phenoxy) is 1. The van der Waals surface area contributed by atoms with Crippen molar-refractivity contribution in [2.24, 2.45) is 0 Å². The Hall–Kier alpha value is -2.14. The summed E-state index contributed by atoms with van der Waals surface area (Å²) >= 11 is 0. The minimum absolute atomic E-state index is 0.0911. The molecule has 1 fully saturated rings. The zero-order valence-electron chi connectivity index (χ0n) is 16.5. The van der Waals surface area contributed by atoms with E-state index in [1.54, 1.807) is 20.2 Å². The number of nitrogens with zero attached hydrogens (tertiary/aromatic N) is 1. The van der Waals surface area contributed by atoms with Crippen molar-refractivity contribution in [3.8, 4) is 5.75 Å². The molecule has 1 aliphatic rings. The molecule has 6 nitrogen and oxygen atoms in total. The van der Waals surface area contributed by atoms with Crippen molar-refractivity contribution in [1.29, 1.82) is 0 Å². The predicted molar refractivity (Wildman–Crippen MR) is 105 cm³/mol. The van der Waals surface area contributed by atoms with Gasteiger partial charge in [-0.2, -0.15) is 18.2 Å². The fourth-order valence-corrected chi connectivity index (χ4v) is 5.00. The Balaban J connectivity index is 1.72. The van der Waals surface area contributed by atoms with Crippen LogP contribution in [0.5, 0.6) is 5.75 Å². The Morgan fingerprint density at radius 3 is 2.47 bits per heavy atom. The van der Waals surface area contributed by atoms with E-state index in [2.05, 4.69) is 4.72 Å². The number of hydrogen-bond acceptors (Lipinski definition) is 5. The van der Waals surface area contributed by atoms with Gasteiger partial charge >= 0.3 is 6.18 Å². The van der Waals surface area contributed by atoms with Gasteiger partial charge in [-0.25, -0.2) is 13.1 Å². The standard InChI is InChI=1S/C20H23F3N2O4S/c1-25-19(15-7-9-16(10-8-15)20(21,22)23)18(13-29-25)30(26,27)24-12-11-14-5-3-4-6-17(14)28-2/h3-10,18-19,24H,11-13H2,1-2H3/t18-,19+/m1/s1. The second-order valence-electron chi connectivity index (χ2n) is 6.95. The number of hydroxylamine groups is 2. The summed E-state index contributed by atoms with van der Waals surface area (Å²) < 4.78 is 72.1. The van der Waals surface area contributed by atoms with Gasteiger partial charge in [-0.3, -0.25) is 4.84 Å². The minimum atomic E-state index is -4.46. The summed E-state index contributed by atoms with van der Waals surface area (Å²) in [5.41, 5.74) is 0.507. The molecule has 2 aromatic rings. The number of nitrogens with one attached hydrogen (secondary N) is 1. The normalized spacial score (nSPS) is 20.4. The molecule has 2 aromatic carbocycles. The van der Waals surface area contributed by atoms with E-state index in [0.717, 1.165) is 17.7 Å². The molecule has 3 rings (SSSR count). The minimum Gasteiger partial charge on any atom is -0.496 e. The van der Waals surface area contributed by atoms with Crippen molar-refractivity contribution in [3.63, 3.8) is 0 Å². The summed E-state index contributed by atoms with van der Waals surface area (Å²) in [5.74, 6) is 0.670. The van der Waals surface area contributed by atoms with Crippen LogP contribution in [0.2, 0.25) is 0 Å². The van der Waals surface area contributed by atoms with Crippen LogP contribution in [0.15, 0.2) is 48.5 Å². The highest BCUT2D eigenvalue weighted by Gasteiger charge is 2.43. The first-order chi connectivity index (χ1) is 14.1. The summed E-state index contributed by atoms with van der Waals surface area (Å²) in [7, 11) is -0.691. The summed E-state index contributed by atoms with van der Waals surface area (Å²) in [6.45, 7) is 0.0643. The Bertz CT molecular complexity index is 965. The number of sulfonamides is 1. The van der Waals surface area contributed by atoms with E-state index in [4.69, 9.17) is 9.57 Å². The lowest BCUT2D eigenvalue weighted by Crippen LogP contribution is -2.40. The third-order valence-electron chi connectivity index (χ3n) is 5.05. The molecule has 0 spiro atoms. The van der Waals surface area contributed by atoms with Crippen molar-refractivity contribution in [2.75, 3.05) is 27.3 Å². The van der Waals surface area contributed by atoms with E-state index < -0.39 is 33.1 Å². The number of benzene rings is 2. The third kappa shape index (κ3) is 4.94. The average Bonchev–Trinajstić information content (AvgIpc) is 3.10. The molecule has 2 atom stereocenters. The lowest BCUT2D eigenvalue weighted by Gasteiger charge is -2.23. The lowest BCUT2D eigenvalue weighted by molar-refractivity contribution is -0.137. The molecule has 0 bridgehead atoms. The van der Waals surface area contributed by atoms with Crippen LogP contribution in [0, 0.1) is 0 Å². The van der Waals surface area contributed by atoms with Gasteiger partial charge in [-0.15, -0.1) is 0 Å². The van der Waals surface area contributed by atoms with Crippen molar-refractivity contribution < 1.29 is 31.2 Å². The summed E-state index contributed by atoms with van der Waals surface area (Å²) in [6.07, 6.45) is -4.03. The van der Waals surface area contributed by atoms with Gasteiger partial charge in [0.1, 0.15) is 11.0 Å². The highest BCUT2D eigenvalue weighted by Crippen LogP contribution is 2.35. The maximum Gasteiger partial charge on any atom is 0.416 e. The molecular formula is C20H23F3N2O4S. The van der Waals surface area contributed by atoms with Crippen LogP contribution in [-0.2, 0) is 27.5 Å². The second-order valence-corrected chi connectivity index (χ2v) is 8.93. The fraction of sp³-hybridized carbons (Fsp3) is 0.400. The topological polar surface area (TPSA) is 67.9 Å². The molecule has 1 aliphatic heterocycles. The highest BCUT2D eigenvalue weighted by atomic mass is 32.2. The van der Waals surface area contributed by atoms with E-state index in [-0.39, 0.29) is 13.2 Å². The van der Waals surface area contributed by atoms with E-state index in [0.29, 0.717) is 17.7 Å². The van der Waals surface area contributed by atoms with Gasteiger partial charge in [-0.05, 0) is 35.7 Å².